The second-order valence-corrected chi connectivity index (χ2v) is 11.9. The Balaban J connectivity index is 1.41. The van der Waals surface area contributed by atoms with Crippen LogP contribution in [0.25, 0.3) is 0 Å². The molecule has 5 fully saturated rings. The monoisotopic (exact) mass is 552 g/mol. The number of ether oxygens (including phenoxy) is 2. The summed E-state index contributed by atoms with van der Waals surface area (Å²) in [6, 6.07) is -0.742. The first-order chi connectivity index (χ1) is 18.7. The predicted octanol–water partition coefficient (Wildman–Crippen LogP) is -2.16. The molecule has 0 spiro atoms. The van der Waals surface area contributed by atoms with Gasteiger partial charge < -0.3 is 45.4 Å². The van der Waals surface area contributed by atoms with Crippen LogP contribution in [0.3, 0.4) is 0 Å². The number of nitrogens with one attached hydrogen (secondary N) is 3. The van der Waals surface area contributed by atoms with Crippen LogP contribution in [0.4, 0.5) is 4.79 Å². The lowest BCUT2D eigenvalue weighted by atomic mass is 10.0. The molecule has 0 radical (unpaired) electrons. The number of piperidine rings is 1. The van der Waals surface area contributed by atoms with Crippen molar-refractivity contribution in [1.82, 2.24) is 30.7 Å². The number of hydrogen-bond acceptors (Lipinski definition) is 9. The Kier molecular flexibility index (Phi) is 8.94. The highest BCUT2D eigenvalue weighted by molar-refractivity contribution is 5.83. The highest BCUT2D eigenvalue weighted by atomic mass is 16.5. The van der Waals surface area contributed by atoms with Gasteiger partial charge in [0.2, 0.25) is 11.8 Å². The number of carbonyl (C=O) groups is 3. The van der Waals surface area contributed by atoms with Crippen LogP contribution in [0.1, 0.15) is 39.5 Å². The zero-order valence-corrected chi connectivity index (χ0v) is 23.0. The normalized spacial score (nSPS) is 37.3. The Morgan fingerprint density at radius 3 is 2.54 bits per heavy atom. The SMILES string of the molecule is CC(C)NC(=O)N1C[C@@H]2CN(CCO2)C(=O)[C@@H]2C[C@@H](CN2C2CCNCC2)NC(=O)C[C@@H]2O[C@H](C1)[C@@H](O)[C@H]2O. The van der Waals surface area contributed by atoms with E-state index >= 15 is 0 Å². The smallest absolute Gasteiger partial charge is 0.317 e. The molecule has 5 rings (SSSR count). The largest absolute Gasteiger partial charge is 0.388 e. The molecule has 5 aliphatic rings. The van der Waals surface area contributed by atoms with Gasteiger partial charge in [-0.3, -0.25) is 14.5 Å². The maximum atomic E-state index is 13.9. The van der Waals surface area contributed by atoms with E-state index in [1.54, 1.807) is 0 Å². The van der Waals surface area contributed by atoms with Crippen LogP contribution in [0.2, 0.25) is 0 Å². The lowest BCUT2D eigenvalue weighted by Gasteiger charge is -2.40. The molecule has 0 aromatic carbocycles. The molecule has 5 heterocycles. The van der Waals surface area contributed by atoms with Crippen LogP contribution in [0, 0.1) is 0 Å². The van der Waals surface area contributed by atoms with E-state index in [0.717, 1.165) is 25.9 Å². The molecule has 220 valence electrons. The summed E-state index contributed by atoms with van der Waals surface area (Å²) in [6.45, 7) is 7.47. The third kappa shape index (κ3) is 6.49. The van der Waals surface area contributed by atoms with Crippen LogP contribution in [-0.2, 0) is 19.1 Å². The second-order valence-electron chi connectivity index (χ2n) is 11.9. The molecule has 0 aliphatic carbocycles. The molecular formula is C26H44N6O7. The van der Waals surface area contributed by atoms with Crippen molar-refractivity contribution in [1.29, 1.82) is 0 Å². The first-order valence-corrected chi connectivity index (χ1v) is 14.4. The van der Waals surface area contributed by atoms with Crippen molar-refractivity contribution in [3.63, 3.8) is 0 Å². The summed E-state index contributed by atoms with van der Waals surface area (Å²) in [6.07, 6.45) is -2.38. The van der Waals surface area contributed by atoms with Gasteiger partial charge in [0, 0.05) is 37.8 Å². The third-order valence-corrected chi connectivity index (χ3v) is 8.59. The van der Waals surface area contributed by atoms with Gasteiger partial charge in [0.15, 0.2) is 0 Å². The molecular weight excluding hydrogens is 508 g/mol. The van der Waals surface area contributed by atoms with Gasteiger partial charge in [0.25, 0.3) is 0 Å². The maximum Gasteiger partial charge on any atom is 0.317 e. The van der Waals surface area contributed by atoms with Gasteiger partial charge in [-0.25, -0.2) is 4.79 Å². The highest BCUT2D eigenvalue weighted by Gasteiger charge is 2.47. The van der Waals surface area contributed by atoms with E-state index in [9.17, 15) is 24.6 Å². The molecule has 0 aromatic rings. The van der Waals surface area contributed by atoms with Gasteiger partial charge in [-0.1, -0.05) is 0 Å². The molecule has 13 nitrogen and oxygen atoms in total. The molecule has 6 bridgehead atoms. The standard InChI is InChI=1S/C26H44N6O7/c1-15(2)28-26(37)31-13-18-12-30(7-8-38-18)25(36)19-9-16(11-32(19)17-3-5-27-6-4-17)29-22(33)10-20-23(34)24(35)21(14-31)39-20/h15-21,23-24,27,34-35H,3-14H2,1-2H3,(H,28,37)(H,29,33)/t16-,18-,19-,20-,21+,23-,24+/m0/s1. The summed E-state index contributed by atoms with van der Waals surface area (Å²) >= 11 is 0. The summed E-state index contributed by atoms with van der Waals surface area (Å²) < 4.78 is 12.0. The zero-order chi connectivity index (χ0) is 27.7. The van der Waals surface area contributed by atoms with Gasteiger partial charge in [-0.15, -0.1) is 0 Å². The molecule has 13 heteroatoms. The maximum absolute atomic E-state index is 13.9. The number of fused-ring (bicyclic) bond motifs is 6. The first kappa shape index (κ1) is 28.5. The lowest BCUT2D eigenvalue weighted by Crippen LogP contribution is -2.57. The minimum Gasteiger partial charge on any atom is -0.388 e. The first-order valence-electron chi connectivity index (χ1n) is 14.4. The zero-order valence-electron chi connectivity index (χ0n) is 23.0. The van der Waals surface area contributed by atoms with Crippen LogP contribution >= 0.6 is 0 Å². The van der Waals surface area contributed by atoms with E-state index in [0.29, 0.717) is 32.7 Å². The Morgan fingerprint density at radius 1 is 1.05 bits per heavy atom. The summed E-state index contributed by atoms with van der Waals surface area (Å²) in [5, 5.41) is 30.8. The summed E-state index contributed by atoms with van der Waals surface area (Å²) in [5.74, 6) is -0.249. The van der Waals surface area contributed by atoms with Gasteiger partial charge >= 0.3 is 6.03 Å². The van der Waals surface area contributed by atoms with Crippen molar-refractivity contribution in [3.05, 3.63) is 0 Å². The van der Waals surface area contributed by atoms with Crippen molar-refractivity contribution >= 4 is 17.8 Å². The molecule has 5 N–H and O–H groups in total. The molecule has 0 unspecified atom stereocenters. The van der Waals surface area contributed by atoms with E-state index in [1.807, 2.05) is 18.7 Å². The van der Waals surface area contributed by atoms with Crippen LogP contribution in [0.15, 0.2) is 0 Å². The minimum atomic E-state index is -1.25. The molecule has 39 heavy (non-hydrogen) atoms. The molecule has 5 saturated heterocycles. The fourth-order valence-electron chi connectivity index (χ4n) is 6.65. The van der Waals surface area contributed by atoms with Gasteiger partial charge in [0.05, 0.1) is 44.4 Å². The number of aliphatic hydroxyl groups excluding tert-OH is 2. The van der Waals surface area contributed by atoms with E-state index in [2.05, 4.69) is 20.9 Å². The average Bonchev–Trinajstić information content (AvgIpc) is 3.44. The molecule has 0 saturated carbocycles. The summed E-state index contributed by atoms with van der Waals surface area (Å²) in [5.41, 5.74) is 0. The van der Waals surface area contributed by atoms with E-state index < -0.39 is 30.5 Å². The summed E-state index contributed by atoms with van der Waals surface area (Å²) in [4.78, 5) is 45.7. The fraction of sp³-hybridized carbons (Fsp3) is 0.885. The van der Waals surface area contributed by atoms with Crippen LogP contribution in [0.5, 0.6) is 0 Å². The van der Waals surface area contributed by atoms with Crippen molar-refractivity contribution in [2.45, 2.75) is 94.2 Å². The fourth-order valence-corrected chi connectivity index (χ4v) is 6.65. The Bertz CT molecular complexity index is 902. The van der Waals surface area contributed by atoms with Crippen molar-refractivity contribution in [2.24, 2.45) is 0 Å². The summed E-state index contributed by atoms with van der Waals surface area (Å²) in [7, 11) is 0. The quantitative estimate of drug-likeness (QED) is 0.258. The Labute approximate surface area is 229 Å². The van der Waals surface area contributed by atoms with Gasteiger partial charge in [-0.2, -0.15) is 0 Å². The minimum absolute atomic E-state index is 0.0114. The number of hydrogen-bond donors (Lipinski definition) is 5. The number of nitrogens with zero attached hydrogens (tertiary/aromatic N) is 3. The number of likely N-dealkylation sites (tertiary alicyclic amines) is 1. The number of amides is 4. The number of aliphatic hydroxyl groups is 2. The average molecular weight is 553 g/mol. The van der Waals surface area contributed by atoms with E-state index in [4.69, 9.17) is 9.47 Å². The molecule has 5 aliphatic heterocycles. The van der Waals surface area contributed by atoms with Crippen LogP contribution in [-0.4, -0.2) is 150 Å². The topological polar surface area (TPSA) is 156 Å². The van der Waals surface area contributed by atoms with Gasteiger partial charge in [-0.05, 0) is 46.2 Å². The molecule has 0 aromatic heterocycles. The van der Waals surface area contributed by atoms with E-state index in [-0.39, 0.29) is 61.5 Å². The van der Waals surface area contributed by atoms with Crippen LogP contribution < -0.4 is 16.0 Å². The predicted molar refractivity (Wildman–Crippen MR) is 140 cm³/mol. The van der Waals surface area contributed by atoms with Crippen molar-refractivity contribution < 1.29 is 34.1 Å². The lowest BCUT2D eigenvalue weighted by molar-refractivity contribution is -0.145. The third-order valence-electron chi connectivity index (χ3n) is 8.59. The van der Waals surface area contributed by atoms with Crippen molar-refractivity contribution in [2.75, 3.05) is 52.4 Å². The highest BCUT2D eigenvalue weighted by Crippen LogP contribution is 2.29. The number of morpholine rings is 1. The van der Waals surface area contributed by atoms with E-state index in [1.165, 1.54) is 4.90 Å². The molecule has 4 amide bonds. The Hall–Kier alpha value is -2.03. The number of urea groups is 1. The second kappa shape index (κ2) is 12.2. The molecule has 7 atom stereocenters. The number of carbonyl (C=O) groups excluding carboxylic acids is 3. The van der Waals surface area contributed by atoms with Crippen molar-refractivity contribution in [3.8, 4) is 0 Å². The Morgan fingerprint density at radius 2 is 1.79 bits per heavy atom. The van der Waals surface area contributed by atoms with Gasteiger partial charge in [0.1, 0.15) is 18.3 Å². The number of rotatable bonds is 2.